The minimum absolute atomic E-state index is 0.214. The minimum Gasteiger partial charge on any atom is -0.461 e. The summed E-state index contributed by atoms with van der Waals surface area (Å²) in [7, 11) is 0. The molecule has 0 spiro atoms. The van der Waals surface area contributed by atoms with Gasteiger partial charge in [0, 0.05) is 16.6 Å². The first kappa shape index (κ1) is 12.6. The van der Waals surface area contributed by atoms with Crippen molar-refractivity contribution < 1.29 is 8.81 Å². The third-order valence-electron chi connectivity index (χ3n) is 2.84. The fourth-order valence-electron chi connectivity index (χ4n) is 1.95. The summed E-state index contributed by atoms with van der Waals surface area (Å²) in [6.07, 6.45) is 4.30. The van der Waals surface area contributed by atoms with Crippen molar-refractivity contribution in [2.45, 2.75) is 37.4 Å². The molecule has 0 amide bonds. The third kappa shape index (κ3) is 3.32. The average molecular weight is 299 g/mol. The number of alkyl halides is 1. The van der Waals surface area contributed by atoms with Gasteiger partial charge in [0.05, 0.1) is 0 Å². The number of halogens is 2. The second-order valence-corrected chi connectivity index (χ2v) is 5.61. The van der Waals surface area contributed by atoms with Crippen LogP contribution in [0.2, 0.25) is 0 Å². The van der Waals surface area contributed by atoms with Crippen molar-refractivity contribution in [3.8, 4) is 0 Å². The lowest BCUT2D eigenvalue weighted by molar-refractivity contribution is 0.531. The molecule has 17 heavy (non-hydrogen) atoms. The molecule has 1 heterocycles. The highest BCUT2D eigenvalue weighted by Crippen LogP contribution is 2.23. The van der Waals surface area contributed by atoms with E-state index in [1.807, 2.05) is 6.07 Å². The second-order valence-electron chi connectivity index (χ2n) is 4.32. The van der Waals surface area contributed by atoms with E-state index in [2.05, 4.69) is 22.9 Å². The fraction of sp³-hybridized carbons (Fsp3) is 0.429. The van der Waals surface area contributed by atoms with Crippen molar-refractivity contribution >= 4 is 26.9 Å². The van der Waals surface area contributed by atoms with E-state index in [1.165, 1.54) is 25.0 Å². The van der Waals surface area contributed by atoms with Crippen LogP contribution in [0.25, 0.3) is 11.0 Å². The molecular weight excluding hydrogens is 283 g/mol. The molecule has 0 aliphatic carbocycles. The van der Waals surface area contributed by atoms with Gasteiger partial charge in [0.1, 0.15) is 17.2 Å². The molecule has 0 aliphatic rings. The molecule has 1 unspecified atom stereocenters. The molecule has 0 radical (unpaired) electrons. The van der Waals surface area contributed by atoms with Gasteiger partial charge in [-0.25, -0.2) is 4.39 Å². The molecule has 1 nitrogen and oxygen atoms in total. The van der Waals surface area contributed by atoms with E-state index in [4.69, 9.17) is 4.42 Å². The Kier molecular flexibility index (Phi) is 4.21. The first-order valence-electron chi connectivity index (χ1n) is 6.01. The maximum atomic E-state index is 13.0. The smallest absolute Gasteiger partial charge is 0.134 e. The number of benzene rings is 1. The van der Waals surface area contributed by atoms with Crippen LogP contribution in [-0.2, 0) is 6.42 Å². The highest BCUT2D eigenvalue weighted by Gasteiger charge is 2.08. The number of hydrogen-bond donors (Lipinski definition) is 0. The summed E-state index contributed by atoms with van der Waals surface area (Å²) in [6, 6.07) is 6.57. The zero-order valence-corrected chi connectivity index (χ0v) is 11.5. The van der Waals surface area contributed by atoms with E-state index in [1.54, 1.807) is 6.07 Å². The Labute approximate surface area is 109 Å². The highest BCUT2D eigenvalue weighted by atomic mass is 79.9. The van der Waals surface area contributed by atoms with Crippen LogP contribution in [0.5, 0.6) is 0 Å². The highest BCUT2D eigenvalue weighted by molar-refractivity contribution is 9.09. The van der Waals surface area contributed by atoms with E-state index in [0.717, 1.165) is 29.6 Å². The topological polar surface area (TPSA) is 13.1 Å². The molecular formula is C14H16BrFO. The quantitative estimate of drug-likeness (QED) is 0.703. The SMILES string of the molecule is CCCC(Br)CCc1cc2cc(F)ccc2o1. The standard InChI is InChI=1S/C14H16BrFO/c1-2-3-11(15)4-6-13-9-10-8-12(16)5-7-14(10)17-13/h5,7-9,11H,2-4,6H2,1H3. The predicted octanol–water partition coefficient (Wildman–Crippen LogP) is 5.07. The fourth-order valence-corrected chi connectivity index (χ4v) is 2.64. The van der Waals surface area contributed by atoms with Crippen molar-refractivity contribution in [1.29, 1.82) is 0 Å². The molecule has 0 N–H and O–H groups in total. The first-order valence-corrected chi connectivity index (χ1v) is 6.92. The van der Waals surface area contributed by atoms with Gasteiger partial charge in [0.15, 0.2) is 0 Å². The lowest BCUT2D eigenvalue weighted by Gasteiger charge is -2.05. The van der Waals surface area contributed by atoms with Crippen LogP contribution in [0.15, 0.2) is 28.7 Å². The van der Waals surface area contributed by atoms with Crippen LogP contribution < -0.4 is 0 Å². The van der Waals surface area contributed by atoms with E-state index in [-0.39, 0.29) is 5.82 Å². The Morgan fingerprint density at radius 2 is 2.12 bits per heavy atom. The molecule has 0 saturated carbocycles. The second kappa shape index (κ2) is 5.67. The summed E-state index contributed by atoms with van der Waals surface area (Å²) in [5, 5.41) is 0.849. The molecule has 3 heteroatoms. The van der Waals surface area contributed by atoms with E-state index < -0.39 is 0 Å². The zero-order chi connectivity index (χ0) is 12.3. The van der Waals surface area contributed by atoms with Crippen molar-refractivity contribution in [3.63, 3.8) is 0 Å². The maximum Gasteiger partial charge on any atom is 0.134 e. The summed E-state index contributed by atoms with van der Waals surface area (Å²) < 4.78 is 18.7. The number of aryl methyl sites for hydroxylation is 1. The zero-order valence-electron chi connectivity index (χ0n) is 9.88. The van der Waals surface area contributed by atoms with Crippen LogP contribution in [-0.4, -0.2) is 4.83 Å². The molecule has 0 saturated heterocycles. The summed E-state index contributed by atoms with van der Waals surface area (Å²) in [4.78, 5) is 0.539. The summed E-state index contributed by atoms with van der Waals surface area (Å²) in [6.45, 7) is 2.18. The number of hydrogen-bond acceptors (Lipinski definition) is 1. The summed E-state index contributed by atoms with van der Waals surface area (Å²) >= 11 is 3.65. The lowest BCUT2D eigenvalue weighted by atomic mass is 10.1. The van der Waals surface area contributed by atoms with E-state index in [0.29, 0.717) is 4.83 Å². The average Bonchev–Trinajstić information content (AvgIpc) is 2.68. The van der Waals surface area contributed by atoms with Crippen LogP contribution in [0.3, 0.4) is 0 Å². The normalized spacial score (nSPS) is 13.1. The Morgan fingerprint density at radius 1 is 1.29 bits per heavy atom. The van der Waals surface area contributed by atoms with Gasteiger partial charge < -0.3 is 4.42 Å². The number of rotatable bonds is 5. The van der Waals surface area contributed by atoms with E-state index >= 15 is 0 Å². The van der Waals surface area contributed by atoms with Crippen molar-refractivity contribution in [1.82, 2.24) is 0 Å². The Hall–Kier alpha value is -0.830. The van der Waals surface area contributed by atoms with Crippen molar-refractivity contribution in [2.24, 2.45) is 0 Å². The van der Waals surface area contributed by atoms with Crippen molar-refractivity contribution in [2.75, 3.05) is 0 Å². The van der Waals surface area contributed by atoms with Gasteiger partial charge >= 0.3 is 0 Å². The first-order chi connectivity index (χ1) is 8.19. The molecule has 1 aromatic heterocycles. The number of furan rings is 1. The van der Waals surface area contributed by atoms with E-state index in [9.17, 15) is 4.39 Å². The molecule has 0 bridgehead atoms. The monoisotopic (exact) mass is 298 g/mol. The molecule has 1 atom stereocenters. The van der Waals surface area contributed by atoms with Gasteiger partial charge in [-0.3, -0.25) is 0 Å². The Bertz CT molecular complexity index is 492. The molecule has 92 valence electrons. The van der Waals surface area contributed by atoms with Gasteiger partial charge in [0.2, 0.25) is 0 Å². The van der Waals surface area contributed by atoms with Gasteiger partial charge in [-0.15, -0.1) is 0 Å². The van der Waals surface area contributed by atoms with Gasteiger partial charge in [0.25, 0.3) is 0 Å². The minimum atomic E-state index is -0.214. The van der Waals surface area contributed by atoms with Gasteiger partial charge in [-0.2, -0.15) is 0 Å². The lowest BCUT2D eigenvalue weighted by Crippen LogP contribution is -1.98. The third-order valence-corrected chi connectivity index (χ3v) is 3.75. The summed E-state index contributed by atoms with van der Waals surface area (Å²) in [5.41, 5.74) is 0.767. The van der Waals surface area contributed by atoms with Gasteiger partial charge in [-0.05, 0) is 37.1 Å². The maximum absolute atomic E-state index is 13.0. The van der Waals surface area contributed by atoms with Crippen LogP contribution >= 0.6 is 15.9 Å². The van der Waals surface area contributed by atoms with Crippen LogP contribution in [0.1, 0.15) is 31.9 Å². The number of fused-ring (bicyclic) bond motifs is 1. The predicted molar refractivity (Wildman–Crippen MR) is 72.1 cm³/mol. The van der Waals surface area contributed by atoms with Crippen molar-refractivity contribution in [3.05, 3.63) is 35.8 Å². The van der Waals surface area contributed by atoms with Crippen LogP contribution in [0, 0.1) is 5.82 Å². The largest absolute Gasteiger partial charge is 0.461 e. The Morgan fingerprint density at radius 3 is 2.88 bits per heavy atom. The molecule has 1 aromatic carbocycles. The molecule has 0 aliphatic heterocycles. The van der Waals surface area contributed by atoms with Crippen LogP contribution in [0.4, 0.5) is 4.39 Å². The van der Waals surface area contributed by atoms with Gasteiger partial charge in [-0.1, -0.05) is 29.3 Å². The molecule has 2 aromatic rings. The Balaban J connectivity index is 2.04. The summed E-state index contributed by atoms with van der Waals surface area (Å²) in [5.74, 6) is 0.723. The molecule has 2 rings (SSSR count). The molecule has 0 fully saturated rings.